The van der Waals surface area contributed by atoms with Gasteiger partial charge in [0.1, 0.15) is 6.61 Å². The number of ether oxygens (including phenoxy) is 3. The third kappa shape index (κ3) is 7.81. The van der Waals surface area contributed by atoms with Crippen molar-refractivity contribution >= 4 is 11.8 Å². The van der Waals surface area contributed by atoms with Crippen LogP contribution in [0, 0.1) is 5.92 Å². The molecule has 1 heterocycles. The summed E-state index contributed by atoms with van der Waals surface area (Å²) in [6.45, 7) is 8.31. The van der Waals surface area contributed by atoms with E-state index in [2.05, 4.69) is 23.7 Å². The quantitative estimate of drug-likeness (QED) is 0.257. The number of anilines is 1. The van der Waals surface area contributed by atoms with E-state index in [0.717, 1.165) is 22.3 Å². The van der Waals surface area contributed by atoms with Gasteiger partial charge in [-0.05, 0) is 42.8 Å². The minimum atomic E-state index is -0.701. The van der Waals surface area contributed by atoms with E-state index in [-0.39, 0.29) is 37.4 Å². The maximum atomic E-state index is 12.1. The van der Waals surface area contributed by atoms with Crippen LogP contribution in [0.25, 0.3) is 0 Å². The zero-order valence-corrected chi connectivity index (χ0v) is 23.9. The van der Waals surface area contributed by atoms with E-state index in [1.165, 1.54) is 6.08 Å². The molecule has 1 fully saturated rings. The van der Waals surface area contributed by atoms with Crippen LogP contribution >= 0.6 is 0 Å². The van der Waals surface area contributed by atoms with Crippen LogP contribution in [0.1, 0.15) is 54.6 Å². The van der Waals surface area contributed by atoms with E-state index in [0.29, 0.717) is 12.2 Å². The number of benzene rings is 3. The summed E-state index contributed by atoms with van der Waals surface area (Å²) in [7, 11) is 1.99. The fourth-order valence-corrected chi connectivity index (χ4v) is 5.00. The number of carbonyl (C=O) groups excluding carboxylic acids is 1. The Balaban J connectivity index is 1.57. The van der Waals surface area contributed by atoms with Gasteiger partial charge in [-0.1, -0.05) is 86.3 Å². The number of amides is 1. The molecule has 0 bridgehead atoms. The van der Waals surface area contributed by atoms with Gasteiger partial charge in [0.2, 0.25) is 0 Å². The Bertz CT molecular complexity index is 1270. The van der Waals surface area contributed by atoms with Gasteiger partial charge in [0.05, 0.1) is 24.9 Å². The number of aliphatic hydroxyl groups excluding tert-OH is 2. The Morgan fingerprint density at radius 2 is 1.80 bits per heavy atom. The zero-order chi connectivity index (χ0) is 29.4. The highest BCUT2D eigenvalue weighted by molar-refractivity contribution is 5.84. The van der Waals surface area contributed by atoms with Gasteiger partial charge in [-0.3, -0.25) is 10.2 Å². The van der Waals surface area contributed by atoms with Crippen molar-refractivity contribution in [1.82, 2.24) is 4.90 Å². The summed E-state index contributed by atoms with van der Waals surface area (Å²) in [6.07, 6.45) is -0.951. The number of hydrogen-bond acceptors (Lipinski definition) is 7. The first-order valence-corrected chi connectivity index (χ1v) is 13.9. The van der Waals surface area contributed by atoms with Crippen LogP contribution in [-0.4, -0.2) is 53.6 Å². The number of likely N-dealkylation sites (N-methyl/N-ethyl adjacent to an activating group) is 1. The molecule has 218 valence electrons. The van der Waals surface area contributed by atoms with Gasteiger partial charge in [-0.15, -0.1) is 0 Å². The molecular weight excluding hydrogens is 520 g/mol. The molecule has 1 aliphatic rings. The third-order valence-corrected chi connectivity index (χ3v) is 7.62. The predicted octanol–water partition coefficient (Wildman–Crippen LogP) is 5.76. The lowest BCUT2D eigenvalue weighted by molar-refractivity contribution is -0.276. The number of nitrogens with one attached hydrogen (secondary N) is 1. The van der Waals surface area contributed by atoms with Crippen molar-refractivity contribution in [1.29, 1.82) is 0 Å². The molecule has 1 aliphatic heterocycles. The summed E-state index contributed by atoms with van der Waals surface area (Å²) in [5.74, 6) is -0.0232. The molecule has 3 aromatic carbocycles. The van der Waals surface area contributed by atoms with Gasteiger partial charge in [-0.2, -0.15) is 0 Å². The van der Waals surface area contributed by atoms with E-state index in [1.54, 1.807) is 6.07 Å². The lowest BCUT2D eigenvalue weighted by Gasteiger charge is -2.43. The summed E-state index contributed by atoms with van der Waals surface area (Å²) < 4.78 is 18.2. The van der Waals surface area contributed by atoms with Gasteiger partial charge < -0.3 is 24.4 Å². The Morgan fingerprint density at radius 1 is 1.07 bits per heavy atom. The molecule has 0 aliphatic carbocycles. The highest BCUT2D eigenvalue weighted by Gasteiger charge is 2.39. The Labute approximate surface area is 242 Å². The van der Waals surface area contributed by atoms with Crippen molar-refractivity contribution in [2.75, 3.05) is 25.5 Å². The molecule has 0 aromatic heterocycles. The third-order valence-electron chi connectivity index (χ3n) is 7.62. The molecule has 0 unspecified atom stereocenters. The molecule has 0 spiro atoms. The van der Waals surface area contributed by atoms with E-state index >= 15 is 0 Å². The molecule has 4 rings (SSSR count). The molecule has 3 N–H and O–H groups in total. The van der Waals surface area contributed by atoms with Gasteiger partial charge in [0.15, 0.2) is 6.29 Å². The molecular formula is C33H40N2O6. The van der Waals surface area contributed by atoms with E-state index < -0.39 is 18.5 Å². The maximum absolute atomic E-state index is 12.1. The van der Waals surface area contributed by atoms with Crippen LogP contribution in [-0.2, 0) is 20.8 Å². The number of rotatable bonds is 11. The SMILES string of the molecule is C=CCOC(=O)Nc1cccc([C@H]2O[C@@H](CN(C)[C@@H](C)[C@H](O)c3ccccc3)[C@@H](C)[C@@H](c3ccc(CO)cc3)O2)c1. The lowest BCUT2D eigenvalue weighted by Crippen LogP contribution is -2.46. The second-order valence-corrected chi connectivity index (χ2v) is 10.5. The first-order chi connectivity index (χ1) is 19.8. The Kier molecular flexibility index (Phi) is 10.7. The molecule has 8 nitrogen and oxygen atoms in total. The van der Waals surface area contributed by atoms with E-state index in [1.807, 2.05) is 86.8 Å². The topological polar surface area (TPSA) is 100 Å². The normalized spacial score (nSPS) is 22.1. The van der Waals surface area contributed by atoms with Gasteiger partial charge in [-0.25, -0.2) is 4.79 Å². The second-order valence-electron chi connectivity index (χ2n) is 10.5. The van der Waals surface area contributed by atoms with Crippen LogP contribution < -0.4 is 5.32 Å². The molecule has 1 saturated heterocycles. The number of nitrogens with zero attached hydrogens (tertiary/aromatic N) is 1. The highest BCUT2D eigenvalue weighted by atomic mass is 16.7. The van der Waals surface area contributed by atoms with Crippen molar-refractivity contribution < 1.29 is 29.2 Å². The molecule has 8 heteroatoms. The number of aliphatic hydroxyl groups is 2. The van der Waals surface area contributed by atoms with Gasteiger partial charge >= 0.3 is 6.09 Å². The van der Waals surface area contributed by atoms with Crippen LogP contribution in [0.15, 0.2) is 91.5 Å². The fraction of sp³-hybridized carbons (Fsp3) is 0.364. The second kappa shape index (κ2) is 14.4. The Hall–Kier alpha value is -3.53. The summed E-state index contributed by atoms with van der Waals surface area (Å²) >= 11 is 0. The van der Waals surface area contributed by atoms with Crippen molar-refractivity contribution in [3.8, 4) is 0 Å². The molecule has 41 heavy (non-hydrogen) atoms. The number of hydrogen-bond donors (Lipinski definition) is 3. The van der Waals surface area contributed by atoms with Crippen molar-refractivity contribution in [2.45, 2.75) is 51.1 Å². The maximum Gasteiger partial charge on any atom is 0.411 e. The molecule has 0 saturated carbocycles. The fourth-order valence-electron chi connectivity index (χ4n) is 5.00. The van der Waals surface area contributed by atoms with Crippen LogP contribution in [0.5, 0.6) is 0 Å². The summed E-state index contributed by atoms with van der Waals surface area (Å²) in [6, 6.07) is 24.5. The summed E-state index contributed by atoms with van der Waals surface area (Å²) in [5, 5.41) is 23.3. The smallest absolute Gasteiger partial charge is 0.411 e. The van der Waals surface area contributed by atoms with Crippen LogP contribution in [0.4, 0.5) is 10.5 Å². The Morgan fingerprint density at radius 3 is 2.49 bits per heavy atom. The zero-order valence-electron chi connectivity index (χ0n) is 23.9. The predicted molar refractivity (Wildman–Crippen MR) is 158 cm³/mol. The van der Waals surface area contributed by atoms with Crippen molar-refractivity contribution in [2.24, 2.45) is 5.92 Å². The molecule has 1 amide bonds. The first kappa shape index (κ1) is 30.4. The minimum Gasteiger partial charge on any atom is -0.445 e. The average Bonchev–Trinajstić information content (AvgIpc) is 3.00. The van der Waals surface area contributed by atoms with E-state index in [4.69, 9.17) is 14.2 Å². The molecule has 0 radical (unpaired) electrons. The largest absolute Gasteiger partial charge is 0.445 e. The highest BCUT2D eigenvalue weighted by Crippen LogP contribution is 2.42. The van der Waals surface area contributed by atoms with Crippen LogP contribution in [0.2, 0.25) is 0 Å². The van der Waals surface area contributed by atoms with Gasteiger partial charge in [0.25, 0.3) is 0 Å². The molecule has 3 aromatic rings. The van der Waals surface area contributed by atoms with Crippen molar-refractivity contribution in [3.63, 3.8) is 0 Å². The van der Waals surface area contributed by atoms with E-state index in [9.17, 15) is 15.0 Å². The monoisotopic (exact) mass is 560 g/mol. The number of carbonyl (C=O) groups is 1. The molecule has 6 atom stereocenters. The van der Waals surface area contributed by atoms with Gasteiger partial charge in [0, 0.05) is 29.8 Å². The average molecular weight is 561 g/mol. The first-order valence-electron chi connectivity index (χ1n) is 13.9. The van der Waals surface area contributed by atoms with Crippen molar-refractivity contribution in [3.05, 3.63) is 114 Å². The minimum absolute atomic E-state index is 0.0232. The lowest BCUT2D eigenvalue weighted by atomic mass is 9.89. The van der Waals surface area contributed by atoms with Crippen LogP contribution in [0.3, 0.4) is 0 Å². The standard InChI is InChI=1S/C33H40N2O6/c1-5-18-39-33(38)34-28-13-9-12-27(19-28)32-40-29(20-35(4)23(3)30(37)25-10-7-6-8-11-25)22(2)31(41-32)26-16-14-24(21-36)15-17-26/h5-17,19,22-23,29-32,36-37H,1,18,20-21H2,2-4H3,(H,34,38)/t22-,23+,29+,30+,31+,32+/m1/s1. The summed E-state index contributed by atoms with van der Waals surface area (Å²) in [4.78, 5) is 14.2. The summed E-state index contributed by atoms with van der Waals surface area (Å²) in [5.41, 5.74) is 3.98.